The predicted octanol–water partition coefficient (Wildman–Crippen LogP) is 1.45. The molecule has 0 bridgehead atoms. The van der Waals surface area contributed by atoms with Crippen LogP contribution in [0.15, 0.2) is 66.4 Å². The quantitative estimate of drug-likeness (QED) is 0.287. The van der Waals surface area contributed by atoms with E-state index in [0.717, 1.165) is 21.6 Å². The second-order valence-corrected chi connectivity index (χ2v) is 10.2. The van der Waals surface area contributed by atoms with Crippen LogP contribution >= 0.6 is 0 Å². The van der Waals surface area contributed by atoms with E-state index >= 15 is 0 Å². The number of nitrogens with zero attached hydrogens (tertiary/aromatic N) is 4. The molecule has 1 aliphatic rings. The van der Waals surface area contributed by atoms with E-state index < -0.39 is 41.9 Å². The highest BCUT2D eigenvalue weighted by atomic mass is 16.4. The van der Waals surface area contributed by atoms with Crippen molar-refractivity contribution >= 4 is 23.7 Å². The number of β-amino-alcohol motifs (C(OH)–C–C–N with tert-alkyl or cyclic N) is 1. The molecule has 5 N–H and O–H groups in total. The Balaban J connectivity index is 1.52. The van der Waals surface area contributed by atoms with Gasteiger partial charge in [0.25, 0.3) is 11.8 Å². The van der Waals surface area contributed by atoms with Crippen molar-refractivity contribution in [3.8, 4) is 11.1 Å². The summed E-state index contributed by atoms with van der Waals surface area (Å²) < 4.78 is 1.21. The highest BCUT2D eigenvalue weighted by Gasteiger charge is 2.39. The van der Waals surface area contributed by atoms with Crippen LogP contribution in [-0.4, -0.2) is 72.5 Å². The maximum atomic E-state index is 13.7. The van der Waals surface area contributed by atoms with Crippen LogP contribution in [0, 0.1) is 12.8 Å². The molecule has 2 heterocycles. The van der Waals surface area contributed by atoms with E-state index in [2.05, 4.69) is 15.6 Å². The Bertz CT molecular complexity index is 1480. The van der Waals surface area contributed by atoms with Crippen LogP contribution in [0.4, 0.5) is 0 Å². The molecule has 0 aliphatic carbocycles. The van der Waals surface area contributed by atoms with Gasteiger partial charge in [0.15, 0.2) is 5.69 Å². The molecule has 0 fully saturated rings. The zero-order valence-electron chi connectivity index (χ0n) is 22.9. The molecule has 0 saturated carbocycles. The van der Waals surface area contributed by atoms with Crippen LogP contribution in [-0.2, 0) is 20.8 Å². The highest BCUT2D eigenvalue weighted by molar-refractivity contribution is 6.01. The number of nitrogens with one attached hydrogen (secondary N) is 1. The van der Waals surface area contributed by atoms with E-state index in [-0.39, 0.29) is 36.0 Å². The second-order valence-electron chi connectivity index (χ2n) is 10.2. The molecule has 3 aromatic rings. The zero-order valence-corrected chi connectivity index (χ0v) is 22.9. The summed E-state index contributed by atoms with van der Waals surface area (Å²) in [6.07, 6.45) is 0.218. The molecule has 12 heteroatoms. The SMILES string of the molecule is Cc1c(C(=O)O)nnn1[C@H](C(=O)N1C[C@H](O)C=C1C(=O)N[C@H](Cc1ccc(-c2ccccc2)cc1)C(N)=O)C(C)C. The van der Waals surface area contributed by atoms with Gasteiger partial charge in [-0.3, -0.25) is 14.4 Å². The number of carbonyl (C=O) groups excluding carboxylic acids is 3. The topological polar surface area (TPSA) is 181 Å². The number of aliphatic hydroxyl groups is 1. The highest BCUT2D eigenvalue weighted by Crippen LogP contribution is 2.27. The predicted molar refractivity (Wildman–Crippen MR) is 148 cm³/mol. The van der Waals surface area contributed by atoms with Crippen molar-refractivity contribution in [2.24, 2.45) is 11.7 Å². The Kier molecular flexibility index (Phi) is 8.62. The summed E-state index contributed by atoms with van der Waals surface area (Å²) >= 11 is 0. The standard InChI is InChI=1S/C29H32N6O6/c1-16(2)25(35-17(3)24(29(40)41)32-33-35)28(39)34-15-21(36)14-23(34)27(38)31-22(26(30)37)13-18-9-11-20(12-10-18)19-7-5-4-6-8-19/h4-12,14,16,21-22,25,36H,13,15H2,1-3H3,(H2,30,37)(H,31,38)(H,40,41)/t21-,22-,25+/m1/s1. The Morgan fingerprint density at radius 1 is 1.05 bits per heavy atom. The van der Waals surface area contributed by atoms with Crippen LogP contribution < -0.4 is 11.1 Å². The van der Waals surface area contributed by atoms with Gasteiger partial charge in [-0.05, 0) is 35.6 Å². The van der Waals surface area contributed by atoms with Gasteiger partial charge >= 0.3 is 5.97 Å². The number of nitrogens with two attached hydrogens (primary N) is 1. The number of aliphatic hydroxyl groups excluding tert-OH is 1. The molecule has 41 heavy (non-hydrogen) atoms. The summed E-state index contributed by atoms with van der Waals surface area (Å²) in [5.41, 5.74) is 8.14. The molecule has 214 valence electrons. The average molecular weight is 561 g/mol. The largest absolute Gasteiger partial charge is 0.476 e. The molecule has 3 amide bonds. The van der Waals surface area contributed by atoms with Crippen molar-refractivity contribution in [2.45, 2.75) is 45.4 Å². The van der Waals surface area contributed by atoms with Crippen molar-refractivity contribution in [1.82, 2.24) is 25.2 Å². The molecule has 1 aliphatic heterocycles. The molecule has 12 nitrogen and oxygen atoms in total. The molecule has 0 spiro atoms. The first-order valence-electron chi connectivity index (χ1n) is 13.1. The van der Waals surface area contributed by atoms with Gasteiger partial charge in [-0.25, -0.2) is 9.48 Å². The van der Waals surface area contributed by atoms with E-state index in [4.69, 9.17) is 5.73 Å². The molecule has 4 rings (SSSR count). The number of hydrogen-bond acceptors (Lipinski definition) is 7. The van der Waals surface area contributed by atoms with Gasteiger partial charge in [-0.2, -0.15) is 0 Å². The minimum atomic E-state index is -1.28. The Morgan fingerprint density at radius 3 is 2.24 bits per heavy atom. The van der Waals surface area contributed by atoms with E-state index in [1.165, 1.54) is 17.7 Å². The Morgan fingerprint density at radius 2 is 1.68 bits per heavy atom. The number of carboxylic acid groups (broad SMARTS) is 1. The molecule has 2 aromatic carbocycles. The molecular weight excluding hydrogens is 528 g/mol. The summed E-state index contributed by atoms with van der Waals surface area (Å²) in [5, 5.41) is 29.8. The Labute approximate surface area is 236 Å². The number of carboxylic acids is 1. The monoisotopic (exact) mass is 560 g/mol. The van der Waals surface area contributed by atoms with Crippen molar-refractivity contribution in [1.29, 1.82) is 0 Å². The number of aromatic nitrogens is 3. The fraction of sp³-hybridized carbons (Fsp3) is 0.310. The minimum absolute atomic E-state index is 0.116. The first-order chi connectivity index (χ1) is 19.5. The maximum Gasteiger partial charge on any atom is 0.358 e. The number of primary amides is 1. The van der Waals surface area contributed by atoms with E-state index in [9.17, 15) is 29.4 Å². The van der Waals surface area contributed by atoms with E-state index in [1.54, 1.807) is 13.8 Å². The van der Waals surface area contributed by atoms with Crippen molar-refractivity contribution in [3.05, 3.63) is 83.3 Å². The molecule has 1 aromatic heterocycles. The number of benzene rings is 2. The first kappa shape index (κ1) is 29.2. The van der Waals surface area contributed by atoms with Gasteiger partial charge in [0, 0.05) is 6.42 Å². The lowest BCUT2D eigenvalue weighted by Crippen LogP contribution is -2.49. The number of rotatable bonds is 10. The fourth-order valence-corrected chi connectivity index (χ4v) is 4.81. The van der Waals surface area contributed by atoms with E-state index in [1.807, 2.05) is 54.6 Å². The zero-order chi connectivity index (χ0) is 29.8. The number of amides is 3. The average Bonchev–Trinajstić information content (AvgIpc) is 3.51. The van der Waals surface area contributed by atoms with Crippen molar-refractivity contribution in [3.63, 3.8) is 0 Å². The molecule has 3 atom stereocenters. The van der Waals surface area contributed by atoms with Crippen LogP contribution in [0.5, 0.6) is 0 Å². The normalized spacial score (nSPS) is 16.3. The molecular formula is C29H32N6O6. The summed E-state index contributed by atoms with van der Waals surface area (Å²) in [7, 11) is 0. The van der Waals surface area contributed by atoms with E-state index in [0.29, 0.717) is 0 Å². The van der Waals surface area contributed by atoms with Crippen molar-refractivity contribution < 1.29 is 29.4 Å². The third-order valence-corrected chi connectivity index (χ3v) is 6.94. The lowest BCUT2D eigenvalue weighted by Gasteiger charge is -2.28. The second kappa shape index (κ2) is 12.1. The molecule has 0 unspecified atom stereocenters. The smallest absolute Gasteiger partial charge is 0.358 e. The number of carbonyl (C=O) groups is 4. The lowest BCUT2D eigenvalue weighted by molar-refractivity contribution is -0.137. The maximum absolute atomic E-state index is 13.7. The summed E-state index contributed by atoms with van der Waals surface area (Å²) in [6.45, 7) is 4.77. The summed E-state index contributed by atoms with van der Waals surface area (Å²) in [4.78, 5) is 51.9. The van der Waals surface area contributed by atoms with Crippen LogP contribution in [0.3, 0.4) is 0 Å². The van der Waals surface area contributed by atoms with Gasteiger partial charge in [0.2, 0.25) is 5.91 Å². The van der Waals surface area contributed by atoms with Crippen LogP contribution in [0.1, 0.15) is 41.6 Å². The number of hydrogen-bond donors (Lipinski definition) is 4. The van der Waals surface area contributed by atoms with Gasteiger partial charge in [0.1, 0.15) is 17.8 Å². The minimum Gasteiger partial charge on any atom is -0.476 e. The van der Waals surface area contributed by atoms with Crippen molar-refractivity contribution in [2.75, 3.05) is 6.54 Å². The van der Waals surface area contributed by atoms with Gasteiger partial charge in [0.05, 0.1) is 18.3 Å². The van der Waals surface area contributed by atoms with Gasteiger partial charge in [-0.15, -0.1) is 5.10 Å². The van der Waals surface area contributed by atoms with Crippen LogP contribution in [0.2, 0.25) is 0 Å². The number of aromatic carboxylic acids is 1. The third kappa shape index (κ3) is 6.33. The fourth-order valence-electron chi connectivity index (χ4n) is 4.81. The van der Waals surface area contributed by atoms with Crippen LogP contribution in [0.25, 0.3) is 11.1 Å². The van der Waals surface area contributed by atoms with Gasteiger partial charge in [-0.1, -0.05) is 73.7 Å². The Hall–Kier alpha value is -4.84. The first-order valence-corrected chi connectivity index (χ1v) is 13.1. The van der Waals surface area contributed by atoms with Gasteiger partial charge < -0.3 is 26.2 Å². The summed E-state index contributed by atoms with van der Waals surface area (Å²) in [6, 6.07) is 15.2. The molecule has 0 radical (unpaired) electrons. The molecule has 0 saturated heterocycles. The third-order valence-electron chi connectivity index (χ3n) is 6.94. The lowest BCUT2D eigenvalue weighted by atomic mass is 10.00. The summed E-state index contributed by atoms with van der Waals surface area (Å²) in [5.74, 6) is -3.77.